The fourth-order valence-corrected chi connectivity index (χ4v) is 6.28. The summed E-state index contributed by atoms with van der Waals surface area (Å²) in [5.74, 6) is -2.47. The summed E-state index contributed by atoms with van der Waals surface area (Å²) >= 11 is 0. The Hall–Kier alpha value is -5.46. The minimum Gasteiger partial charge on any atom is -0.458 e. The van der Waals surface area contributed by atoms with Gasteiger partial charge in [-0.15, -0.1) is 0 Å². The summed E-state index contributed by atoms with van der Waals surface area (Å²) in [5.41, 5.74) is 29.8. The van der Waals surface area contributed by atoms with Crippen molar-refractivity contribution in [3.63, 3.8) is 0 Å². The lowest BCUT2D eigenvalue weighted by molar-refractivity contribution is -0.194. The third kappa shape index (κ3) is 9.53. The monoisotopic (exact) mass is 660 g/mol. The van der Waals surface area contributed by atoms with Gasteiger partial charge >= 0.3 is 18.0 Å². The van der Waals surface area contributed by atoms with Crippen molar-refractivity contribution in [3.05, 3.63) is 103 Å². The van der Waals surface area contributed by atoms with Crippen molar-refractivity contribution in [3.8, 4) is 0 Å². The van der Waals surface area contributed by atoms with Gasteiger partial charge in [-0.1, -0.05) is 76.0 Å². The van der Waals surface area contributed by atoms with Gasteiger partial charge < -0.3 is 23.8 Å². The molecule has 0 bridgehead atoms. The molecule has 1 aliphatic heterocycles. The van der Waals surface area contributed by atoms with Crippen molar-refractivity contribution in [2.24, 2.45) is 21.3 Å². The largest absolute Gasteiger partial charge is 0.458 e. The molecule has 4 unspecified atom stereocenters. The molecule has 48 heavy (non-hydrogen) atoms. The maximum Gasteiger partial charge on any atom is 0.410 e. The predicted octanol–water partition coefficient (Wildman–Crippen LogP) is 6.29. The van der Waals surface area contributed by atoms with Gasteiger partial charge in [-0.05, 0) is 47.0 Å². The topological polar surface area (TPSA) is 238 Å². The summed E-state index contributed by atoms with van der Waals surface area (Å²) in [6.45, 7) is 2.65. The second-order valence-corrected chi connectivity index (χ2v) is 11.5. The maximum atomic E-state index is 13.5. The van der Waals surface area contributed by atoms with E-state index in [-0.39, 0.29) is 26.1 Å². The van der Waals surface area contributed by atoms with Gasteiger partial charge in [0.25, 0.3) is 0 Å². The number of carbonyl (C=O) groups is 3. The van der Waals surface area contributed by atoms with E-state index in [0.717, 1.165) is 25.0 Å². The van der Waals surface area contributed by atoms with E-state index in [1.807, 2.05) is 60.7 Å². The van der Waals surface area contributed by atoms with Gasteiger partial charge in [0.15, 0.2) is 0 Å². The summed E-state index contributed by atoms with van der Waals surface area (Å²) in [5, 5.41) is 11.6. The highest BCUT2D eigenvalue weighted by molar-refractivity contribution is 5.68. The molecule has 0 aromatic heterocycles. The van der Waals surface area contributed by atoms with Crippen LogP contribution in [0.3, 0.4) is 0 Å². The molecular formula is C31H36N10O7. The number of ether oxygens (including phenoxy) is 4. The normalized spacial score (nSPS) is 26.3. The first-order valence-electron chi connectivity index (χ1n) is 15.4. The van der Waals surface area contributed by atoms with Gasteiger partial charge in [0.1, 0.15) is 18.8 Å². The minimum absolute atomic E-state index is 0.0575. The highest BCUT2D eigenvalue weighted by atomic mass is 16.6. The molecule has 252 valence electrons. The lowest BCUT2D eigenvalue weighted by atomic mass is 9.72. The van der Waals surface area contributed by atoms with Gasteiger partial charge in [-0.2, -0.15) is 0 Å². The fraction of sp³-hybridized carbons (Fsp3) is 0.516. The van der Waals surface area contributed by atoms with Crippen LogP contribution < -0.4 is 0 Å². The molecule has 4 rings (SSSR count). The molecule has 2 aromatic carbocycles. The van der Waals surface area contributed by atoms with E-state index < -0.39 is 66.5 Å². The van der Waals surface area contributed by atoms with Crippen LogP contribution >= 0.6 is 0 Å². The van der Waals surface area contributed by atoms with E-state index in [1.165, 1.54) is 4.90 Å². The molecule has 1 aliphatic carbocycles. The Bertz CT molecular complexity index is 1560. The van der Waals surface area contributed by atoms with Crippen LogP contribution in [0.2, 0.25) is 0 Å². The molecule has 1 heterocycles. The number of benzene rings is 2. The summed E-state index contributed by atoms with van der Waals surface area (Å²) < 4.78 is 23.4. The van der Waals surface area contributed by atoms with Crippen LogP contribution in [0.5, 0.6) is 0 Å². The average Bonchev–Trinajstić information content (AvgIpc) is 3.07. The molecule has 0 radical (unpaired) electrons. The second kappa shape index (κ2) is 17.5. The fourth-order valence-electron chi connectivity index (χ4n) is 6.28. The molecule has 17 nitrogen and oxygen atoms in total. The highest BCUT2D eigenvalue weighted by Gasteiger charge is 2.54. The van der Waals surface area contributed by atoms with Crippen LogP contribution in [0.25, 0.3) is 31.3 Å². The molecule has 1 saturated heterocycles. The highest BCUT2D eigenvalue weighted by Crippen LogP contribution is 2.41. The third-order valence-corrected chi connectivity index (χ3v) is 8.21. The van der Waals surface area contributed by atoms with Crippen molar-refractivity contribution in [2.45, 2.75) is 88.8 Å². The molecule has 1 saturated carbocycles. The minimum atomic E-state index is -1.30. The molecule has 2 aromatic rings. The zero-order valence-electron chi connectivity index (χ0n) is 26.5. The lowest BCUT2D eigenvalue weighted by Crippen LogP contribution is -2.61. The Labute approximate surface area is 276 Å². The van der Waals surface area contributed by atoms with Crippen LogP contribution in [-0.2, 0) is 41.7 Å². The Kier molecular flexibility index (Phi) is 12.9. The van der Waals surface area contributed by atoms with Gasteiger partial charge in [-0.3, -0.25) is 9.59 Å². The molecule has 0 N–H and O–H groups in total. The summed E-state index contributed by atoms with van der Waals surface area (Å²) in [4.78, 5) is 48.3. The van der Waals surface area contributed by atoms with E-state index in [0.29, 0.717) is 12.8 Å². The molecule has 2 aliphatic rings. The second-order valence-electron chi connectivity index (χ2n) is 11.5. The molecule has 17 heteroatoms. The Morgan fingerprint density at radius 3 is 1.96 bits per heavy atom. The molecule has 1 amide bonds. The van der Waals surface area contributed by atoms with Crippen LogP contribution in [0.15, 0.2) is 76.0 Å². The third-order valence-electron chi connectivity index (χ3n) is 8.21. The molecular weight excluding hydrogens is 624 g/mol. The zero-order chi connectivity index (χ0) is 34.5. The van der Waals surface area contributed by atoms with Gasteiger partial charge in [0.2, 0.25) is 0 Å². The van der Waals surface area contributed by atoms with Crippen molar-refractivity contribution in [2.75, 3.05) is 6.54 Å². The number of hydrogen-bond donors (Lipinski definition) is 0. The van der Waals surface area contributed by atoms with Crippen LogP contribution in [0, 0.1) is 5.92 Å². The number of azide groups is 3. The maximum absolute atomic E-state index is 13.5. The average molecular weight is 661 g/mol. The Morgan fingerprint density at radius 2 is 1.35 bits per heavy atom. The van der Waals surface area contributed by atoms with E-state index in [1.54, 1.807) is 0 Å². The summed E-state index contributed by atoms with van der Waals surface area (Å²) in [6.07, 6.45) is -4.17. The SMILES string of the molecule is CC(=O)O[C@H]1C(N=[N+]=[N-])CC(N=[N+]=[N-])C([C@H]2O[C@H](CN(Cc3ccccc3)C(=O)OCc3ccccc3)CCC2N=[N+]=[N-])[C@@H]1OC(C)=O. The van der Waals surface area contributed by atoms with E-state index >= 15 is 0 Å². The number of nitrogens with zero attached hydrogens (tertiary/aromatic N) is 10. The molecule has 8 atom stereocenters. The number of amides is 1. The lowest BCUT2D eigenvalue weighted by Gasteiger charge is -2.49. The number of rotatable bonds is 12. The summed E-state index contributed by atoms with van der Waals surface area (Å²) in [7, 11) is 0. The number of esters is 2. The van der Waals surface area contributed by atoms with Crippen LogP contribution in [0.4, 0.5) is 4.79 Å². The van der Waals surface area contributed by atoms with Crippen molar-refractivity contribution in [1.82, 2.24) is 4.90 Å². The molecule has 2 fully saturated rings. The van der Waals surface area contributed by atoms with Gasteiger partial charge in [0, 0.05) is 47.1 Å². The number of carbonyl (C=O) groups excluding carboxylic acids is 3. The van der Waals surface area contributed by atoms with Crippen molar-refractivity contribution in [1.29, 1.82) is 0 Å². The predicted molar refractivity (Wildman–Crippen MR) is 169 cm³/mol. The van der Waals surface area contributed by atoms with E-state index in [2.05, 4.69) is 30.1 Å². The standard InChI is InChI=1S/C31H36N10O7/c1-19(42)46-29-26(37-40-34)15-25(36-39-33)27(30(29)47-20(2)43)28-24(35-38-32)14-13-23(48-28)17-41(16-21-9-5-3-6-10-21)31(44)45-18-22-11-7-4-8-12-22/h3-12,23-30H,13-18H2,1-2H3/t23-,24?,25?,26?,27?,28-,29-,30-/m0/s1. The van der Waals surface area contributed by atoms with Gasteiger partial charge in [-0.25, -0.2) is 4.79 Å². The Morgan fingerprint density at radius 1 is 0.792 bits per heavy atom. The van der Waals surface area contributed by atoms with E-state index in [9.17, 15) is 31.0 Å². The smallest absolute Gasteiger partial charge is 0.410 e. The van der Waals surface area contributed by atoms with Crippen LogP contribution in [-0.4, -0.2) is 72.0 Å². The quantitative estimate of drug-likeness (QED) is 0.0827. The molecule has 0 spiro atoms. The van der Waals surface area contributed by atoms with Crippen LogP contribution in [0.1, 0.15) is 44.2 Å². The van der Waals surface area contributed by atoms with Crippen molar-refractivity contribution >= 4 is 18.0 Å². The Balaban J connectivity index is 1.67. The number of hydrogen-bond acceptors (Lipinski definition) is 10. The first-order valence-corrected chi connectivity index (χ1v) is 15.4. The zero-order valence-corrected chi connectivity index (χ0v) is 26.5. The van der Waals surface area contributed by atoms with E-state index in [4.69, 9.17) is 18.9 Å². The first-order chi connectivity index (χ1) is 23.2. The van der Waals surface area contributed by atoms with Crippen molar-refractivity contribution < 1.29 is 33.3 Å². The van der Waals surface area contributed by atoms with Gasteiger partial charge in [0.05, 0.1) is 30.8 Å². The first kappa shape index (κ1) is 35.4. The summed E-state index contributed by atoms with van der Waals surface area (Å²) in [6, 6.07) is 15.7.